The summed E-state index contributed by atoms with van der Waals surface area (Å²) in [5.74, 6) is -0.408. The van der Waals surface area contributed by atoms with E-state index in [9.17, 15) is 9.59 Å². The molecular formula is C17H20N4O2. The van der Waals surface area contributed by atoms with Gasteiger partial charge in [0.25, 0.3) is 0 Å². The van der Waals surface area contributed by atoms with Gasteiger partial charge in [-0.15, -0.1) is 0 Å². The van der Waals surface area contributed by atoms with Crippen LogP contribution in [0, 0.1) is 11.3 Å². The topological polar surface area (TPSA) is 90.4 Å². The molecule has 2 unspecified atom stereocenters. The Kier molecular flexibility index (Phi) is 4.30. The molecule has 0 bridgehead atoms. The van der Waals surface area contributed by atoms with E-state index in [0.717, 1.165) is 17.5 Å². The number of carbonyl (C=O) groups is 2. The maximum atomic E-state index is 12.5. The lowest BCUT2D eigenvalue weighted by atomic mass is 10.1. The maximum Gasteiger partial charge on any atom is 0.240 e. The standard InChI is InChI=1S/C17H20N4O2/c18-9-14-6-3-7-21(14)16(22)8-15(19)17(23)20-10-12-4-1-2-5-13(12)11-20/h1-2,4-5,14-15H,3,6-8,10-11,19H2. The van der Waals surface area contributed by atoms with Crippen molar-refractivity contribution in [3.63, 3.8) is 0 Å². The molecule has 0 radical (unpaired) electrons. The molecule has 2 heterocycles. The van der Waals surface area contributed by atoms with E-state index in [1.165, 1.54) is 0 Å². The number of rotatable bonds is 3. The van der Waals surface area contributed by atoms with Crippen molar-refractivity contribution in [2.24, 2.45) is 5.73 Å². The number of carbonyl (C=O) groups excluding carboxylic acids is 2. The molecule has 1 saturated heterocycles. The van der Waals surface area contributed by atoms with Gasteiger partial charge < -0.3 is 15.5 Å². The second-order valence-electron chi connectivity index (χ2n) is 6.15. The van der Waals surface area contributed by atoms with Gasteiger partial charge in [-0.05, 0) is 24.0 Å². The first kappa shape index (κ1) is 15.5. The fourth-order valence-corrected chi connectivity index (χ4v) is 3.32. The Morgan fingerprint density at radius 2 is 1.96 bits per heavy atom. The molecule has 2 amide bonds. The zero-order chi connectivity index (χ0) is 16.4. The largest absolute Gasteiger partial charge is 0.333 e. The van der Waals surface area contributed by atoms with Crippen LogP contribution in [0.25, 0.3) is 0 Å². The Balaban J connectivity index is 1.59. The van der Waals surface area contributed by atoms with Gasteiger partial charge in [-0.25, -0.2) is 0 Å². The average Bonchev–Trinajstić information content (AvgIpc) is 3.19. The molecular weight excluding hydrogens is 292 g/mol. The lowest BCUT2D eigenvalue weighted by Crippen LogP contribution is -2.45. The third kappa shape index (κ3) is 3.06. The van der Waals surface area contributed by atoms with Gasteiger partial charge in [0, 0.05) is 19.6 Å². The van der Waals surface area contributed by atoms with E-state index < -0.39 is 6.04 Å². The van der Waals surface area contributed by atoms with Gasteiger partial charge in [0.2, 0.25) is 11.8 Å². The minimum absolute atomic E-state index is 0.0378. The highest BCUT2D eigenvalue weighted by molar-refractivity contribution is 5.88. The van der Waals surface area contributed by atoms with Crippen LogP contribution < -0.4 is 5.73 Å². The first-order valence-electron chi connectivity index (χ1n) is 7.90. The van der Waals surface area contributed by atoms with Crippen LogP contribution in [0.4, 0.5) is 0 Å². The van der Waals surface area contributed by atoms with Crippen LogP contribution in [-0.2, 0) is 22.7 Å². The molecule has 1 fully saturated rings. The summed E-state index contributed by atoms with van der Waals surface area (Å²) in [6.45, 7) is 1.66. The Morgan fingerprint density at radius 1 is 1.30 bits per heavy atom. The number of likely N-dealkylation sites (tertiary alicyclic amines) is 1. The van der Waals surface area contributed by atoms with Crippen LogP contribution in [0.1, 0.15) is 30.4 Å². The number of nitrogens with zero attached hydrogens (tertiary/aromatic N) is 3. The number of hydrogen-bond acceptors (Lipinski definition) is 4. The Labute approximate surface area is 135 Å². The van der Waals surface area contributed by atoms with Crippen LogP contribution in [-0.4, -0.2) is 40.2 Å². The summed E-state index contributed by atoms with van der Waals surface area (Å²) in [5.41, 5.74) is 8.22. The second-order valence-corrected chi connectivity index (χ2v) is 6.15. The highest BCUT2D eigenvalue weighted by atomic mass is 16.2. The highest BCUT2D eigenvalue weighted by Crippen LogP contribution is 2.23. The van der Waals surface area contributed by atoms with Crippen molar-refractivity contribution in [2.45, 2.75) is 44.4 Å². The van der Waals surface area contributed by atoms with E-state index >= 15 is 0 Å². The van der Waals surface area contributed by atoms with Crippen molar-refractivity contribution >= 4 is 11.8 Å². The maximum absolute atomic E-state index is 12.5. The van der Waals surface area contributed by atoms with E-state index in [1.807, 2.05) is 24.3 Å². The van der Waals surface area contributed by atoms with Crippen LogP contribution in [0.15, 0.2) is 24.3 Å². The van der Waals surface area contributed by atoms with Crippen molar-refractivity contribution in [3.05, 3.63) is 35.4 Å². The summed E-state index contributed by atoms with van der Waals surface area (Å²) in [4.78, 5) is 28.0. The average molecular weight is 312 g/mol. The lowest BCUT2D eigenvalue weighted by Gasteiger charge is -2.24. The zero-order valence-corrected chi connectivity index (χ0v) is 12.9. The highest BCUT2D eigenvalue weighted by Gasteiger charge is 2.33. The fraction of sp³-hybridized carbons (Fsp3) is 0.471. The molecule has 1 aromatic carbocycles. The van der Waals surface area contributed by atoms with E-state index in [0.29, 0.717) is 26.1 Å². The van der Waals surface area contributed by atoms with Crippen molar-refractivity contribution in [3.8, 4) is 6.07 Å². The minimum Gasteiger partial charge on any atom is -0.333 e. The molecule has 2 N–H and O–H groups in total. The number of amides is 2. The summed E-state index contributed by atoms with van der Waals surface area (Å²) < 4.78 is 0. The van der Waals surface area contributed by atoms with Gasteiger partial charge in [-0.1, -0.05) is 24.3 Å². The molecule has 6 nitrogen and oxygen atoms in total. The van der Waals surface area contributed by atoms with Gasteiger partial charge in [-0.2, -0.15) is 5.26 Å². The normalized spacial score (nSPS) is 21.0. The third-order valence-electron chi connectivity index (χ3n) is 4.59. The Hall–Kier alpha value is -2.39. The first-order chi connectivity index (χ1) is 11.1. The van der Waals surface area contributed by atoms with Crippen LogP contribution in [0.2, 0.25) is 0 Å². The van der Waals surface area contributed by atoms with Crippen molar-refractivity contribution < 1.29 is 9.59 Å². The first-order valence-corrected chi connectivity index (χ1v) is 7.90. The van der Waals surface area contributed by atoms with Crippen molar-refractivity contribution in [1.29, 1.82) is 5.26 Å². The molecule has 2 aliphatic heterocycles. The lowest BCUT2D eigenvalue weighted by molar-refractivity contribution is -0.138. The quantitative estimate of drug-likeness (QED) is 0.892. The molecule has 1 aromatic rings. The van der Waals surface area contributed by atoms with Crippen LogP contribution in [0.5, 0.6) is 0 Å². The molecule has 0 aliphatic carbocycles. The number of hydrogen-bond donors (Lipinski definition) is 1. The Bertz CT molecular complexity index is 642. The van der Waals surface area contributed by atoms with E-state index in [4.69, 9.17) is 11.0 Å². The van der Waals surface area contributed by atoms with Gasteiger partial charge in [-0.3, -0.25) is 9.59 Å². The van der Waals surface area contributed by atoms with E-state index in [2.05, 4.69) is 6.07 Å². The molecule has 6 heteroatoms. The van der Waals surface area contributed by atoms with E-state index in [-0.39, 0.29) is 24.3 Å². The molecule has 2 aliphatic rings. The summed E-state index contributed by atoms with van der Waals surface area (Å²) in [6, 6.07) is 8.81. The molecule has 0 spiro atoms. The summed E-state index contributed by atoms with van der Waals surface area (Å²) >= 11 is 0. The fourth-order valence-electron chi connectivity index (χ4n) is 3.32. The molecule has 23 heavy (non-hydrogen) atoms. The predicted molar refractivity (Wildman–Crippen MR) is 83.6 cm³/mol. The van der Waals surface area contributed by atoms with E-state index in [1.54, 1.807) is 9.80 Å². The number of nitrogens with two attached hydrogens (primary N) is 1. The summed E-state index contributed by atoms with van der Waals surface area (Å²) in [6.07, 6.45) is 1.49. The molecule has 0 saturated carbocycles. The van der Waals surface area contributed by atoms with Crippen LogP contribution in [0.3, 0.4) is 0 Å². The molecule has 2 atom stereocenters. The molecule has 3 rings (SSSR count). The van der Waals surface area contributed by atoms with Gasteiger partial charge in [0.05, 0.1) is 18.5 Å². The van der Waals surface area contributed by atoms with Crippen molar-refractivity contribution in [2.75, 3.05) is 6.54 Å². The SMILES string of the molecule is N#CC1CCCN1C(=O)CC(N)C(=O)N1Cc2ccccc2C1. The van der Waals surface area contributed by atoms with Gasteiger partial charge >= 0.3 is 0 Å². The smallest absolute Gasteiger partial charge is 0.240 e. The summed E-state index contributed by atoms with van der Waals surface area (Å²) in [5, 5.41) is 9.05. The third-order valence-corrected chi connectivity index (χ3v) is 4.59. The predicted octanol–water partition coefficient (Wildman–Crippen LogP) is 0.761. The second kappa shape index (κ2) is 6.39. The molecule has 0 aromatic heterocycles. The Morgan fingerprint density at radius 3 is 2.57 bits per heavy atom. The minimum atomic E-state index is -0.850. The summed E-state index contributed by atoms with van der Waals surface area (Å²) in [7, 11) is 0. The zero-order valence-electron chi connectivity index (χ0n) is 12.9. The monoisotopic (exact) mass is 312 g/mol. The van der Waals surface area contributed by atoms with Crippen molar-refractivity contribution in [1.82, 2.24) is 9.80 Å². The number of nitriles is 1. The number of benzene rings is 1. The molecule has 120 valence electrons. The number of fused-ring (bicyclic) bond motifs is 1. The van der Waals surface area contributed by atoms with Gasteiger partial charge in [0.1, 0.15) is 6.04 Å². The van der Waals surface area contributed by atoms with Crippen LogP contribution >= 0.6 is 0 Å². The van der Waals surface area contributed by atoms with Gasteiger partial charge in [0.15, 0.2) is 0 Å².